The van der Waals surface area contributed by atoms with Gasteiger partial charge in [0.25, 0.3) is 5.69 Å². The molecule has 0 amide bonds. The molecule has 0 bridgehead atoms. The lowest BCUT2D eigenvalue weighted by molar-refractivity contribution is -0.384. The Kier molecular flexibility index (Phi) is 5.80. The van der Waals surface area contributed by atoms with Gasteiger partial charge in [0.1, 0.15) is 0 Å². The van der Waals surface area contributed by atoms with Gasteiger partial charge >= 0.3 is 5.97 Å². The number of non-ortho nitro benzene ring substituents is 1. The SMILES string of the molecule is CCCCOC(=O)c1cc([N+](=O)[O-])ccc1Cc1ccncc1. The molecule has 0 fully saturated rings. The van der Waals surface area contributed by atoms with Crippen LogP contribution in [0, 0.1) is 10.1 Å². The van der Waals surface area contributed by atoms with E-state index in [2.05, 4.69) is 4.98 Å². The molecule has 0 unspecified atom stereocenters. The first-order chi connectivity index (χ1) is 11.1. The highest BCUT2D eigenvalue weighted by Gasteiger charge is 2.18. The first-order valence-corrected chi connectivity index (χ1v) is 7.45. The number of nitrogens with zero attached hydrogens (tertiary/aromatic N) is 2. The van der Waals surface area contributed by atoms with Gasteiger partial charge in [0.15, 0.2) is 0 Å². The third-order valence-electron chi connectivity index (χ3n) is 3.40. The monoisotopic (exact) mass is 314 g/mol. The zero-order chi connectivity index (χ0) is 16.7. The van der Waals surface area contributed by atoms with Crippen LogP contribution in [0.25, 0.3) is 0 Å². The number of ether oxygens (including phenoxy) is 1. The van der Waals surface area contributed by atoms with Crippen molar-refractivity contribution in [1.82, 2.24) is 4.98 Å². The Labute approximate surface area is 134 Å². The lowest BCUT2D eigenvalue weighted by atomic mass is 10.00. The van der Waals surface area contributed by atoms with Crippen LogP contribution < -0.4 is 0 Å². The van der Waals surface area contributed by atoms with Crippen molar-refractivity contribution in [1.29, 1.82) is 0 Å². The van der Waals surface area contributed by atoms with Crippen molar-refractivity contribution < 1.29 is 14.5 Å². The summed E-state index contributed by atoms with van der Waals surface area (Å²) in [4.78, 5) is 26.6. The van der Waals surface area contributed by atoms with E-state index in [4.69, 9.17) is 4.74 Å². The summed E-state index contributed by atoms with van der Waals surface area (Å²) in [6.45, 7) is 2.31. The van der Waals surface area contributed by atoms with Gasteiger partial charge in [-0.15, -0.1) is 0 Å². The van der Waals surface area contributed by atoms with Crippen molar-refractivity contribution in [2.24, 2.45) is 0 Å². The zero-order valence-corrected chi connectivity index (χ0v) is 12.9. The number of esters is 1. The second-order valence-electron chi connectivity index (χ2n) is 5.12. The molecule has 23 heavy (non-hydrogen) atoms. The molecule has 0 aliphatic carbocycles. The molecular formula is C17H18N2O4. The Morgan fingerprint density at radius 1 is 1.26 bits per heavy atom. The van der Waals surface area contributed by atoms with Crippen LogP contribution in [0.2, 0.25) is 0 Å². The molecule has 0 aliphatic heterocycles. The second kappa shape index (κ2) is 8.03. The molecule has 6 nitrogen and oxygen atoms in total. The Morgan fingerprint density at radius 2 is 2.00 bits per heavy atom. The normalized spacial score (nSPS) is 10.3. The van der Waals surface area contributed by atoms with E-state index in [-0.39, 0.29) is 11.3 Å². The molecule has 0 aliphatic rings. The third kappa shape index (κ3) is 4.60. The van der Waals surface area contributed by atoms with Gasteiger partial charge < -0.3 is 4.74 Å². The molecule has 1 aromatic carbocycles. The molecule has 120 valence electrons. The highest BCUT2D eigenvalue weighted by molar-refractivity contribution is 5.92. The van der Waals surface area contributed by atoms with Crippen LogP contribution in [0.3, 0.4) is 0 Å². The second-order valence-corrected chi connectivity index (χ2v) is 5.12. The molecule has 0 radical (unpaired) electrons. The van der Waals surface area contributed by atoms with Crippen molar-refractivity contribution in [2.45, 2.75) is 26.2 Å². The molecular weight excluding hydrogens is 296 g/mol. The fraction of sp³-hybridized carbons (Fsp3) is 0.294. The van der Waals surface area contributed by atoms with Gasteiger partial charge in [-0.05, 0) is 36.1 Å². The summed E-state index contributed by atoms with van der Waals surface area (Å²) < 4.78 is 5.21. The number of nitro benzene ring substituents is 1. The number of carbonyl (C=O) groups is 1. The quantitative estimate of drug-likeness (QED) is 0.338. The van der Waals surface area contributed by atoms with Crippen LogP contribution in [0.1, 0.15) is 41.3 Å². The van der Waals surface area contributed by atoms with E-state index in [9.17, 15) is 14.9 Å². The maximum atomic E-state index is 12.2. The van der Waals surface area contributed by atoms with Crippen LogP contribution in [0.4, 0.5) is 5.69 Å². The number of rotatable bonds is 7. The first-order valence-electron chi connectivity index (χ1n) is 7.45. The summed E-state index contributed by atoms with van der Waals surface area (Å²) in [5, 5.41) is 11.0. The van der Waals surface area contributed by atoms with Crippen LogP contribution in [0.5, 0.6) is 0 Å². The Morgan fingerprint density at radius 3 is 2.65 bits per heavy atom. The molecule has 1 aromatic heterocycles. The summed E-state index contributed by atoms with van der Waals surface area (Å²) in [7, 11) is 0. The number of hydrogen-bond acceptors (Lipinski definition) is 5. The summed E-state index contributed by atoms with van der Waals surface area (Å²) >= 11 is 0. The molecule has 0 N–H and O–H groups in total. The smallest absolute Gasteiger partial charge is 0.338 e. The molecule has 0 atom stereocenters. The number of aromatic nitrogens is 1. The summed E-state index contributed by atoms with van der Waals surface area (Å²) in [6, 6.07) is 7.97. The Bertz CT molecular complexity index is 686. The van der Waals surface area contributed by atoms with E-state index in [0.717, 1.165) is 18.4 Å². The Hall–Kier alpha value is -2.76. The van der Waals surface area contributed by atoms with Crippen molar-refractivity contribution in [2.75, 3.05) is 6.61 Å². The molecule has 1 heterocycles. The van der Waals surface area contributed by atoms with Gasteiger partial charge in [0.2, 0.25) is 0 Å². The summed E-state index contributed by atoms with van der Waals surface area (Å²) in [5.74, 6) is -0.522. The van der Waals surface area contributed by atoms with Crippen molar-refractivity contribution in [3.63, 3.8) is 0 Å². The fourth-order valence-electron chi connectivity index (χ4n) is 2.13. The van der Waals surface area contributed by atoms with Crippen LogP contribution in [0.15, 0.2) is 42.7 Å². The number of pyridine rings is 1. The third-order valence-corrected chi connectivity index (χ3v) is 3.40. The number of nitro groups is 1. The van der Waals surface area contributed by atoms with Gasteiger partial charge in [-0.1, -0.05) is 19.4 Å². The minimum absolute atomic E-state index is 0.120. The number of unbranched alkanes of at least 4 members (excludes halogenated alkanes) is 1. The van der Waals surface area contributed by atoms with Crippen molar-refractivity contribution >= 4 is 11.7 Å². The summed E-state index contributed by atoms with van der Waals surface area (Å²) in [5.41, 5.74) is 1.79. The van der Waals surface area contributed by atoms with Crippen LogP contribution in [-0.2, 0) is 11.2 Å². The molecule has 6 heteroatoms. The van der Waals surface area contributed by atoms with E-state index in [1.807, 2.05) is 19.1 Å². The molecule has 0 spiro atoms. The van der Waals surface area contributed by atoms with Gasteiger partial charge in [-0.2, -0.15) is 0 Å². The zero-order valence-electron chi connectivity index (χ0n) is 12.9. The van der Waals surface area contributed by atoms with E-state index < -0.39 is 10.9 Å². The number of benzene rings is 1. The van der Waals surface area contributed by atoms with Crippen LogP contribution in [-0.4, -0.2) is 22.5 Å². The highest BCUT2D eigenvalue weighted by atomic mass is 16.6. The molecule has 0 saturated heterocycles. The first kappa shape index (κ1) is 16.6. The maximum absolute atomic E-state index is 12.2. The molecule has 2 rings (SSSR count). The number of carbonyl (C=O) groups excluding carboxylic acids is 1. The average Bonchev–Trinajstić information content (AvgIpc) is 2.56. The van der Waals surface area contributed by atoms with Crippen molar-refractivity contribution in [3.05, 3.63) is 69.5 Å². The topological polar surface area (TPSA) is 82.3 Å². The van der Waals surface area contributed by atoms with E-state index in [0.29, 0.717) is 18.6 Å². The van der Waals surface area contributed by atoms with E-state index >= 15 is 0 Å². The standard InChI is InChI=1S/C17H18N2O4/c1-2-3-10-23-17(20)16-12-15(19(21)22)5-4-14(16)11-13-6-8-18-9-7-13/h4-9,12H,2-3,10-11H2,1H3. The van der Waals surface area contributed by atoms with Crippen LogP contribution >= 0.6 is 0 Å². The van der Waals surface area contributed by atoms with Crippen molar-refractivity contribution in [3.8, 4) is 0 Å². The minimum atomic E-state index is -0.522. The molecule has 2 aromatic rings. The largest absolute Gasteiger partial charge is 0.462 e. The average molecular weight is 314 g/mol. The van der Waals surface area contributed by atoms with E-state index in [1.54, 1.807) is 18.5 Å². The lowest BCUT2D eigenvalue weighted by Gasteiger charge is -2.10. The maximum Gasteiger partial charge on any atom is 0.338 e. The van der Waals surface area contributed by atoms with Gasteiger partial charge in [-0.25, -0.2) is 4.79 Å². The summed E-state index contributed by atoms with van der Waals surface area (Å²) in [6.07, 6.45) is 5.49. The van der Waals surface area contributed by atoms with Gasteiger partial charge in [0, 0.05) is 24.5 Å². The fourth-order valence-corrected chi connectivity index (χ4v) is 2.13. The van der Waals surface area contributed by atoms with E-state index in [1.165, 1.54) is 12.1 Å². The molecule has 0 saturated carbocycles. The van der Waals surface area contributed by atoms with Gasteiger partial charge in [-0.3, -0.25) is 15.1 Å². The predicted octanol–water partition coefficient (Wildman–Crippen LogP) is 3.54. The predicted molar refractivity (Wildman–Crippen MR) is 85.3 cm³/mol. The number of hydrogen-bond donors (Lipinski definition) is 0. The van der Waals surface area contributed by atoms with Gasteiger partial charge in [0.05, 0.1) is 17.1 Å². The lowest BCUT2D eigenvalue weighted by Crippen LogP contribution is -2.10. The minimum Gasteiger partial charge on any atom is -0.462 e. The Balaban J connectivity index is 2.29. The highest BCUT2D eigenvalue weighted by Crippen LogP contribution is 2.21.